The molecule has 1 aliphatic rings. The number of cyclic esters (lactones) is 2. The highest BCUT2D eigenvalue weighted by Crippen LogP contribution is 2.32. The van der Waals surface area contributed by atoms with Crippen LogP contribution in [0.15, 0.2) is 30.0 Å². The fourth-order valence-electron chi connectivity index (χ4n) is 1.92. The van der Waals surface area contributed by atoms with Crippen LogP contribution >= 0.6 is 0 Å². The zero-order valence-electron chi connectivity index (χ0n) is 13.4. The smallest absolute Gasteiger partial charge is 0.494 e. The SMILES string of the molecule is COc1cc(OC(F)(F)F)ccc1NC=C1C(=O)OC(C)(C)OC1=O. The Balaban J connectivity index is 2.20. The first-order chi connectivity index (χ1) is 11.5. The first-order valence-electron chi connectivity index (χ1n) is 6.88. The lowest BCUT2D eigenvalue weighted by Gasteiger charge is -2.29. The second-order valence-electron chi connectivity index (χ2n) is 5.29. The first-order valence-corrected chi connectivity index (χ1v) is 6.88. The summed E-state index contributed by atoms with van der Waals surface area (Å²) in [5, 5.41) is 2.59. The Hall–Kier alpha value is -2.91. The van der Waals surface area contributed by atoms with Crippen molar-refractivity contribution < 1.29 is 41.7 Å². The van der Waals surface area contributed by atoms with Gasteiger partial charge in [0.25, 0.3) is 5.79 Å². The van der Waals surface area contributed by atoms with Gasteiger partial charge in [0.05, 0.1) is 12.8 Å². The molecule has 1 fully saturated rings. The monoisotopic (exact) mass is 361 g/mol. The Morgan fingerprint density at radius 2 is 1.76 bits per heavy atom. The lowest BCUT2D eigenvalue weighted by Crippen LogP contribution is -2.42. The highest BCUT2D eigenvalue weighted by molar-refractivity contribution is 6.15. The number of carbonyl (C=O) groups excluding carboxylic acids is 2. The van der Waals surface area contributed by atoms with Gasteiger partial charge in [0, 0.05) is 26.1 Å². The molecule has 0 atom stereocenters. The van der Waals surface area contributed by atoms with Crippen molar-refractivity contribution in [1.82, 2.24) is 0 Å². The van der Waals surface area contributed by atoms with Crippen LogP contribution in [0.1, 0.15) is 13.8 Å². The molecule has 1 aliphatic heterocycles. The van der Waals surface area contributed by atoms with Crippen LogP contribution in [-0.2, 0) is 19.1 Å². The molecule has 1 N–H and O–H groups in total. The number of alkyl halides is 3. The first kappa shape index (κ1) is 18.4. The lowest BCUT2D eigenvalue weighted by atomic mass is 10.2. The molecule has 0 radical (unpaired) electrons. The van der Waals surface area contributed by atoms with Crippen LogP contribution in [0, 0.1) is 0 Å². The Bertz CT molecular complexity index is 704. The third-order valence-corrected chi connectivity index (χ3v) is 2.90. The molecule has 0 amide bonds. The second-order valence-corrected chi connectivity index (χ2v) is 5.29. The number of methoxy groups -OCH3 is 1. The molecule has 0 unspecified atom stereocenters. The molecule has 1 aromatic carbocycles. The topological polar surface area (TPSA) is 83.1 Å². The van der Waals surface area contributed by atoms with Crippen molar-refractivity contribution in [2.45, 2.75) is 26.0 Å². The number of hydrogen-bond acceptors (Lipinski definition) is 7. The van der Waals surface area contributed by atoms with Crippen molar-refractivity contribution in [3.05, 3.63) is 30.0 Å². The third-order valence-electron chi connectivity index (χ3n) is 2.90. The lowest BCUT2D eigenvalue weighted by molar-refractivity contribution is -0.274. The summed E-state index contributed by atoms with van der Waals surface area (Å²) in [7, 11) is 1.23. The van der Waals surface area contributed by atoms with Crippen LogP contribution in [0.5, 0.6) is 11.5 Å². The van der Waals surface area contributed by atoms with Crippen LogP contribution < -0.4 is 14.8 Å². The third kappa shape index (κ3) is 4.78. The molecular formula is C15H14F3NO6. The Labute approximate surface area is 140 Å². The molecule has 0 aliphatic carbocycles. The van der Waals surface area contributed by atoms with E-state index in [9.17, 15) is 22.8 Å². The van der Waals surface area contributed by atoms with Gasteiger partial charge >= 0.3 is 18.3 Å². The van der Waals surface area contributed by atoms with E-state index in [2.05, 4.69) is 10.1 Å². The van der Waals surface area contributed by atoms with Gasteiger partial charge in [-0.05, 0) is 12.1 Å². The van der Waals surface area contributed by atoms with E-state index < -0.39 is 35.4 Å². The van der Waals surface area contributed by atoms with Gasteiger partial charge in [-0.2, -0.15) is 0 Å². The van der Waals surface area contributed by atoms with Crippen LogP contribution in [0.2, 0.25) is 0 Å². The minimum absolute atomic E-state index is 0.00326. The Morgan fingerprint density at radius 1 is 1.16 bits per heavy atom. The maximum atomic E-state index is 12.2. The summed E-state index contributed by atoms with van der Waals surface area (Å²) in [4.78, 5) is 23.6. The van der Waals surface area contributed by atoms with Gasteiger partial charge in [-0.25, -0.2) is 9.59 Å². The summed E-state index contributed by atoms with van der Waals surface area (Å²) in [6, 6.07) is 3.26. The maximum Gasteiger partial charge on any atom is 0.573 e. The van der Waals surface area contributed by atoms with E-state index in [0.29, 0.717) is 0 Å². The molecule has 2 rings (SSSR count). The molecule has 0 aromatic heterocycles. The summed E-state index contributed by atoms with van der Waals surface area (Å²) < 4.78 is 55.2. The van der Waals surface area contributed by atoms with E-state index in [1.807, 2.05) is 0 Å². The van der Waals surface area contributed by atoms with Gasteiger partial charge < -0.3 is 24.3 Å². The zero-order chi connectivity index (χ0) is 18.8. The maximum absolute atomic E-state index is 12.2. The average molecular weight is 361 g/mol. The summed E-state index contributed by atoms with van der Waals surface area (Å²) in [5.41, 5.74) is -0.216. The second kappa shape index (κ2) is 6.54. The molecule has 7 nitrogen and oxygen atoms in total. The Morgan fingerprint density at radius 3 is 2.28 bits per heavy atom. The molecule has 0 bridgehead atoms. The van der Waals surface area contributed by atoms with E-state index in [1.165, 1.54) is 27.0 Å². The largest absolute Gasteiger partial charge is 0.573 e. The molecular weight excluding hydrogens is 347 g/mol. The summed E-state index contributed by atoms with van der Waals surface area (Å²) in [6.07, 6.45) is -3.83. The van der Waals surface area contributed by atoms with Crippen molar-refractivity contribution >= 4 is 17.6 Å². The fraction of sp³-hybridized carbons (Fsp3) is 0.333. The predicted molar refractivity (Wildman–Crippen MR) is 77.6 cm³/mol. The number of halogens is 3. The van der Waals surface area contributed by atoms with Crippen LogP contribution in [-0.4, -0.2) is 31.2 Å². The molecule has 136 valence electrons. The number of rotatable bonds is 4. The standard InChI is InChI=1S/C15H14F3NO6/c1-14(2)24-12(20)9(13(21)25-14)7-19-10-5-4-8(6-11(10)22-3)23-15(16,17)18/h4-7,19H,1-3H3. The molecule has 25 heavy (non-hydrogen) atoms. The van der Waals surface area contributed by atoms with E-state index in [0.717, 1.165) is 18.3 Å². The van der Waals surface area contributed by atoms with Crippen molar-refractivity contribution in [2.75, 3.05) is 12.4 Å². The number of esters is 2. The summed E-state index contributed by atoms with van der Waals surface area (Å²) >= 11 is 0. The van der Waals surface area contributed by atoms with Crippen molar-refractivity contribution in [3.8, 4) is 11.5 Å². The quantitative estimate of drug-likeness (QED) is 0.502. The summed E-state index contributed by atoms with van der Waals surface area (Å²) in [5.74, 6) is -3.66. The Kier molecular flexibility index (Phi) is 4.82. The van der Waals surface area contributed by atoms with Gasteiger partial charge in [0.1, 0.15) is 11.5 Å². The molecule has 1 saturated heterocycles. The summed E-state index contributed by atoms with van der Waals surface area (Å²) in [6.45, 7) is 2.80. The van der Waals surface area contributed by atoms with Crippen molar-refractivity contribution in [2.24, 2.45) is 0 Å². The highest BCUT2D eigenvalue weighted by Gasteiger charge is 2.39. The average Bonchev–Trinajstić information content (AvgIpc) is 2.44. The number of ether oxygens (including phenoxy) is 4. The minimum Gasteiger partial charge on any atom is -0.494 e. The van der Waals surface area contributed by atoms with E-state index >= 15 is 0 Å². The number of benzene rings is 1. The zero-order valence-corrected chi connectivity index (χ0v) is 13.4. The van der Waals surface area contributed by atoms with Gasteiger partial charge in [-0.1, -0.05) is 0 Å². The predicted octanol–water partition coefficient (Wildman–Crippen LogP) is 2.73. The number of carbonyl (C=O) groups is 2. The van der Waals surface area contributed by atoms with Gasteiger partial charge in [0.2, 0.25) is 0 Å². The molecule has 1 heterocycles. The molecule has 10 heteroatoms. The van der Waals surface area contributed by atoms with Gasteiger partial charge in [-0.3, -0.25) is 0 Å². The van der Waals surface area contributed by atoms with Crippen molar-refractivity contribution in [1.29, 1.82) is 0 Å². The molecule has 0 saturated carbocycles. The number of anilines is 1. The van der Waals surface area contributed by atoms with Gasteiger partial charge in [0.15, 0.2) is 5.57 Å². The normalized spacial score (nSPS) is 16.6. The number of hydrogen-bond donors (Lipinski definition) is 1. The van der Waals surface area contributed by atoms with Gasteiger partial charge in [-0.15, -0.1) is 13.2 Å². The van der Waals surface area contributed by atoms with E-state index in [1.54, 1.807) is 0 Å². The molecule has 1 aromatic rings. The number of nitrogens with one attached hydrogen (secondary N) is 1. The van der Waals surface area contributed by atoms with Crippen LogP contribution in [0.25, 0.3) is 0 Å². The molecule has 0 spiro atoms. The fourth-order valence-corrected chi connectivity index (χ4v) is 1.92. The van der Waals surface area contributed by atoms with Crippen LogP contribution in [0.3, 0.4) is 0 Å². The van der Waals surface area contributed by atoms with Crippen LogP contribution in [0.4, 0.5) is 18.9 Å². The highest BCUT2D eigenvalue weighted by atomic mass is 19.4. The minimum atomic E-state index is -4.84. The van der Waals surface area contributed by atoms with E-state index in [-0.39, 0.29) is 11.4 Å². The van der Waals surface area contributed by atoms with E-state index in [4.69, 9.17) is 14.2 Å². The van der Waals surface area contributed by atoms with Crippen molar-refractivity contribution in [3.63, 3.8) is 0 Å².